The largest absolute Gasteiger partial charge is 0.345 e. The lowest BCUT2D eigenvalue weighted by molar-refractivity contribution is -0.131. The van der Waals surface area contributed by atoms with Gasteiger partial charge in [0.05, 0.1) is 6.54 Å². The van der Waals surface area contributed by atoms with E-state index in [2.05, 4.69) is 37.3 Å². The van der Waals surface area contributed by atoms with Crippen LogP contribution in [0.15, 0.2) is 30.6 Å². The highest BCUT2D eigenvalue weighted by molar-refractivity contribution is 5.80. The molecule has 2 aromatic rings. The van der Waals surface area contributed by atoms with Crippen molar-refractivity contribution in [2.45, 2.75) is 20.3 Å². The van der Waals surface area contributed by atoms with Crippen molar-refractivity contribution >= 4 is 11.9 Å². The molecule has 1 aliphatic heterocycles. The van der Waals surface area contributed by atoms with Crippen molar-refractivity contribution in [3.63, 3.8) is 0 Å². The van der Waals surface area contributed by atoms with E-state index in [-0.39, 0.29) is 12.5 Å². The molecule has 1 saturated heterocycles. The first-order valence-electron chi connectivity index (χ1n) is 9.05. The summed E-state index contributed by atoms with van der Waals surface area (Å²) in [5.74, 6) is 0.619. The zero-order valence-electron chi connectivity index (χ0n) is 15.5. The van der Waals surface area contributed by atoms with Crippen LogP contribution in [0.1, 0.15) is 17.0 Å². The fourth-order valence-electron chi connectivity index (χ4n) is 3.13. The minimum Gasteiger partial charge on any atom is -0.345 e. The monoisotopic (exact) mass is 354 g/mol. The fourth-order valence-corrected chi connectivity index (χ4v) is 3.13. The minimum absolute atomic E-state index is 0.0987. The van der Waals surface area contributed by atoms with Crippen LogP contribution in [0.25, 0.3) is 0 Å². The van der Waals surface area contributed by atoms with Crippen LogP contribution >= 0.6 is 0 Å². The van der Waals surface area contributed by atoms with Crippen molar-refractivity contribution in [2.24, 2.45) is 0 Å². The molecule has 26 heavy (non-hydrogen) atoms. The molecule has 0 atom stereocenters. The second-order valence-corrected chi connectivity index (χ2v) is 6.66. The summed E-state index contributed by atoms with van der Waals surface area (Å²) in [6.07, 6.45) is 4.68. The van der Waals surface area contributed by atoms with Crippen LogP contribution in [0.2, 0.25) is 0 Å². The highest BCUT2D eigenvalue weighted by Gasteiger charge is 2.20. The maximum atomic E-state index is 12.4. The van der Waals surface area contributed by atoms with E-state index < -0.39 is 0 Å². The van der Waals surface area contributed by atoms with Crippen molar-refractivity contribution < 1.29 is 4.79 Å². The number of hydrogen-bond donors (Lipinski definition) is 1. The Morgan fingerprint density at radius 2 is 1.73 bits per heavy atom. The van der Waals surface area contributed by atoms with E-state index in [1.165, 1.54) is 5.56 Å². The van der Waals surface area contributed by atoms with Gasteiger partial charge in [0.2, 0.25) is 11.9 Å². The average Bonchev–Trinajstić information content (AvgIpc) is 2.65. The Bertz CT molecular complexity index is 708. The molecule has 0 radical (unpaired) electrons. The third-order valence-corrected chi connectivity index (χ3v) is 4.57. The number of anilines is 1. The molecule has 0 saturated carbocycles. The minimum atomic E-state index is 0.0987. The smallest absolute Gasteiger partial charge is 0.242 e. The number of nitrogens with one attached hydrogen (secondary N) is 1. The van der Waals surface area contributed by atoms with Gasteiger partial charge in [-0.05, 0) is 44.0 Å². The van der Waals surface area contributed by atoms with Crippen LogP contribution in [0.4, 0.5) is 5.95 Å². The molecular formula is C19H26N6O. The Morgan fingerprint density at radius 1 is 1.08 bits per heavy atom. The van der Waals surface area contributed by atoms with Crippen molar-refractivity contribution in [1.82, 2.24) is 24.8 Å². The standard InChI is InChI=1S/C19H26N6O/c1-15-13-16(2)23-19(22-15)21-14-18(26)25-11-9-24(10-12-25)8-5-17-3-6-20-7-4-17/h3-4,6-7,13H,5,8-12,14H2,1-2H3,(H,21,22,23). The zero-order valence-corrected chi connectivity index (χ0v) is 15.5. The molecule has 0 aliphatic carbocycles. The van der Waals surface area contributed by atoms with E-state index in [4.69, 9.17) is 0 Å². The van der Waals surface area contributed by atoms with Crippen LogP contribution in [0, 0.1) is 13.8 Å². The molecule has 3 heterocycles. The van der Waals surface area contributed by atoms with Crippen LogP contribution in [0.3, 0.4) is 0 Å². The van der Waals surface area contributed by atoms with E-state index in [0.29, 0.717) is 5.95 Å². The van der Waals surface area contributed by atoms with Crippen LogP contribution in [-0.4, -0.2) is 69.9 Å². The van der Waals surface area contributed by atoms with Gasteiger partial charge in [-0.3, -0.25) is 14.7 Å². The third kappa shape index (κ3) is 5.23. The van der Waals surface area contributed by atoms with Gasteiger partial charge in [0.25, 0.3) is 0 Å². The summed E-state index contributed by atoms with van der Waals surface area (Å²) in [6, 6.07) is 6.03. The van der Waals surface area contributed by atoms with Gasteiger partial charge in [-0.25, -0.2) is 9.97 Å². The number of aryl methyl sites for hydroxylation is 2. The number of hydrogen-bond acceptors (Lipinski definition) is 6. The number of carbonyl (C=O) groups excluding carboxylic acids is 1. The number of amides is 1. The maximum Gasteiger partial charge on any atom is 0.242 e. The van der Waals surface area contributed by atoms with Crippen LogP contribution < -0.4 is 5.32 Å². The maximum absolute atomic E-state index is 12.4. The predicted molar refractivity (Wildman–Crippen MR) is 101 cm³/mol. The van der Waals surface area contributed by atoms with E-state index >= 15 is 0 Å². The third-order valence-electron chi connectivity index (χ3n) is 4.57. The summed E-state index contributed by atoms with van der Waals surface area (Å²) in [5, 5.41) is 3.05. The van der Waals surface area contributed by atoms with Gasteiger partial charge in [0.1, 0.15) is 0 Å². The zero-order chi connectivity index (χ0) is 18.4. The van der Waals surface area contributed by atoms with Crippen LogP contribution in [-0.2, 0) is 11.2 Å². The van der Waals surface area contributed by atoms with Gasteiger partial charge in [-0.2, -0.15) is 0 Å². The highest BCUT2D eigenvalue weighted by Crippen LogP contribution is 2.07. The molecule has 1 amide bonds. The van der Waals surface area contributed by atoms with Gasteiger partial charge in [-0.15, -0.1) is 0 Å². The van der Waals surface area contributed by atoms with Gasteiger partial charge in [0.15, 0.2) is 0 Å². The first-order chi connectivity index (χ1) is 12.6. The predicted octanol–water partition coefficient (Wildman–Crippen LogP) is 1.29. The summed E-state index contributed by atoms with van der Waals surface area (Å²) in [6.45, 7) is 8.46. The SMILES string of the molecule is Cc1cc(C)nc(NCC(=O)N2CCN(CCc3ccncc3)CC2)n1. The lowest BCUT2D eigenvalue weighted by atomic mass is 10.2. The van der Waals surface area contributed by atoms with Crippen molar-refractivity contribution in [3.8, 4) is 0 Å². The lowest BCUT2D eigenvalue weighted by Gasteiger charge is -2.34. The van der Waals surface area contributed by atoms with Crippen LogP contribution in [0.5, 0.6) is 0 Å². The summed E-state index contributed by atoms with van der Waals surface area (Å²) in [7, 11) is 0. The second-order valence-electron chi connectivity index (χ2n) is 6.66. The Morgan fingerprint density at radius 3 is 2.38 bits per heavy atom. The molecule has 7 nitrogen and oxygen atoms in total. The number of piperazine rings is 1. The van der Waals surface area contributed by atoms with E-state index in [1.54, 1.807) is 0 Å². The Kier molecular flexibility index (Phi) is 6.12. The first kappa shape index (κ1) is 18.3. The molecule has 1 aliphatic rings. The van der Waals surface area contributed by atoms with E-state index in [0.717, 1.165) is 50.5 Å². The molecule has 0 spiro atoms. The second kappa shape index (κ2) is 8.71. The molecule has 0 bridgehead atoms. The van der Waals surface area contributed by atoms with Crippen molar-refractivity contribution in [1.29, 1.82) is 0 Å². The van der Waals surface area contributed by atoms with E-state index in [1.807, 2.05) is 37.2 Å². The highest BCUT2D eigenvalue weighted by atomic mass is 16.2. The molecular weight excluding hydrogens is 328 g/mol. The Hall–Kier alpha value is -2.54. The van der Waals surface area contributed by atoms with Gasteiger partial charge in [0, 0.05) is 56.5 Å². The number of rotatable bonds is 6. The quantitative estimate of drug-likeness (QED) is 0.843. The fraction of sp³-hybridized carbons (Fsp3) is 0.474. The topological polar surface area (TPSA) is 74.2 Å². The molecule has 7 heteroatoms. The number of aromatic nitrogens is 3. The molecule has 3 rings (SSSR count). The Balaban J connectivity index is 1.40. The summed E-state index contributed by atoms with van der Waals surface area (Å²) < 4.78 is 0. The number of carbonyl (C=O) groups is 1. The molecule has 1 fully saturated rings. The molecule has 2 aromatic heterocycles. The molecule has 0 unspecified atom stereocenters. The first-order valence-corrected chi connectivity index (χ1v) is 9.05. The summed E-state index contributed by atoms with van der Waals surface area (Å²) in [5.41, 5.74) is 3.10. The molecule has 1 N–H and O–H groups in total. The lowest BCUT2D eigenvalue weighted by Crippen LogP contribution is -2.50. The molecule has 0 aromatic carbocycles. The Labute approximate surface area is 154 Å². The summed E-state index contributed by atoms with van der Waals surface area (Å²) >= 11 is 0. The van der Waals surface area contributed by atoms with Crippen molar-refractivity contribution in [3.05, 3.63) is 47.5 Å². The summed E-state index contributed by atoms with van der Waals surface area (Å²) in [4.78, 5) is 29.4. The van der Waals surface area contributed by atoms with E-state index in [9.17, 15) is 4.79 Å². The van der Waals surface area contributed by atoms with Gasteiger partial charge >= 0.3 is 0 Å². The van der Waals surface area contributed by atoms with Gasteiger partial charge < -0.3 is 10.2 Å². The average molecular weight is 354 g/mol. The molecule has 138 valence electrons. The van der Waals surface area contributed by atoms with Gasteiger partial charge in [-0.1, -0.05) is 0 Å². The number of pyridine rings is 1. The number of nitrogens with zero attached hydrogens (tertiary/aromatic N) is 5. The van der Waals surface area contributed by atoms with Crippen molar-refractivity contribution in [2.75, 3.05) is 44.6 Å². The normalized spacial score (nSPS) is 15.1.